The molecule has 9 aromatic rings. The van der Waals surface area contributed by atoms with Crippen LogP contribution in [0.1, 0.15) is 17.3 Å². The van der Waals surface area contributed by atoms with E-state index in [2.05, 4.69) is 125 Å². The zero-order valence-corrected chi connectivity index (χ0v) is 30.4. The van der Waals surface area contributed by atoms with Gasteiger partial charge >= 0.3 is 0 Å². The van der Waals surface area contributed by atoms with Crippen LogP contribution in [0, 0.1) is 0 Å². The van der Waals surface area contributed by atoms with Crippen LogP contribution in [0.3, 0.4) is 0 Å². The molecule has 53 heavy (non-hydrogen) atoms. The molecule has 0 saturated heterocycles. The summed E-state index contributed by atoms with van der Waals surface area (Å²) in [6, 6.07) is 61.0. The van der Waals surface area contributed by atoms with Crippen molar-refractivity contribution >= 4 is 77.5 Å². The van der Waals surface area contributed by atoms with Crippen molar-refractivity contribution in [1.29, 1.82) is 0 Å². The normalized spacial score (nSPS) is 13.8. The Labute approximate surface area is 312 Å². The van der Waals surface area contributed by atoms with Crippen molar-refractivity contribution in [3.8, 4) is 11.3 Å². The third-order valence-corrected chi connectivity index (χ3v) is 16.5. The summed E-state index contributed by atoms with van der Waals surface area (Å²) in [5, 5.41) is 7.54. The van der Waals surface area contributed by atoms with E-state index in [1.165, 1.54) is 40.9 Å². The Hall–Kier alpha value is -6.21. The van der Waals surface area contributed by atoms with Gasteiger partial charge in [-0.15, -0.1) is 11.3 Å². The number of halogens is 1. The van der Waals surface area contributed by atoms with Gasteiger partial charge in [0.25, 0.3) is 0 Å². The number of benzene rings is 6. The van der Waals surface area contributed by atoms with Gasteiger partial charge in [-0.05, 0) is 74.3 Å². The van der Waals surface area contributed by atoms with Gasteiger partial charge < -0.3 is 0 Å². The molecule has 4 heterocycles. The Morgan fingerprint density at radius 1 is 0.547 bits per heavy atom. The average molecular weight is 718 g/mol. The van der Waals surface area contributed by atoms with E-state index in [1.807, 2.05) is 78.2 Å². The number of pyridine rings is 2. The summed E-state index contributed by atoms with van der Waals surface area (Å²) in [6.45, 7) is 0. The summed E-state index contributed by atoms with van der Waals surface area (Å²) < 4.78 is 19.3. The summed E-state index contributed by atoms with van der Waals surface area (Å²) in [6.07, 6.45) is 2.32. The highest BCUT2D eigenvalue weighted by Crippen LogP contribution is 2.46. The van der Waals surface area contributed by atoms with Gasteiger partial charge in [0, 0.05) is 39.1 Å². The van der Waals surface area contributed by atoms with Gasteiger partial charge in [0.05, 0.1) is 16.1 Å². The zero-order valence-electron chi connectivity index (χ0n) is 28.6. The lowest BCUT2D eigenvalue weighted by Gasteiger charge is -2.44. The van der Waals surface area contributed by atoms with E-state index in [0.717, 1.165) is 28.5 Å². The van der Waals surface area contributed by atoms with Crippen LogP contribution in [0.25, 0.3) is 31.4 Å². The molecule has 0 N–H and O–H groups in total. The van der Waals surface area contributed by atoms with Crippen molar-refractivity contribution in [3.05, 3.63) is 199 Å². The molecule has 1 aliphatic heterocycles. The highest BCUT2D eigenvalue weighted by atomic mass is 32.1. The molecule has 1 atom stereocenters. The first-order valence-electron chi connectivity index (χ1n) is 17.8. The smallest absolute Gasteiger partial charge is 0.186 e. The number of thiophene rings is 1. The standard InChI is InChI=1S/C47H32FN3SSi/c48-44(33-15-11-14-32(30-33)40-23-9-10-28-49-40)34-16-12-17-35(31-34)51-45-42(27-26-39-38-22-7-8-24-41(38)52-46(39)45)53(36-18-3-1-4-19-36,37-20-5-2-6-21-37)43-25-13-29-50-47(43)51/h1-31,44H. The Bertz CT molecular complexity index is 2730. The fourth-order valence-corrected chi connectivity index (χ4v) is 14.6. The second-order valence-electron chi connectivity index (χ2n) is 13.4. The molecule has 6 aromatic carbocycles. The number of anilines is 3. The summed E-state index contributed by atoms with van der Waals surface area (Å²) >= 11 is 1.82. The number of rotatable bonds is 6. The third-order valence-electron chi connectivity index (χ3n) is 10.5. The number of alkyl halides is 1. The van der Waals surface area contributed by atoms with Crippen LogP contribution in [-0.4, -0.2) is 18.0 Å². The van der Waals surface area contributed by atoms with E-state index < -0.39 is 14.2 Å². The molecular formula is C47H32FN3SSi. The summed E-state index contributed by atoms with van der Waals surface area (Å²) in [5.41, 5.74) is 4.89. The molecule has 1 unspecified atom stereocenters. The van der Waals surface area contributed by atoms with Crippen molar-refractivity contribution in [1.82, 2.24) is 9.97 Å². The second kappa shape index (κ2) is 12.8. The van der Waals surface area contributed by atoms with Crippen LogP contribution in [0.5, 0.6) is 0 Å². The largest absolute Gasteiger partial charge is 0.294 e. The molecule has 10 rings (SSSR count). The van der Waals surface area contributed by atoms with Crippen molar-refractivity contribution in [2.75, 3.05) is 4.90 Å². The van der Waals surface area contributed by atoms with E-state index in [4.69, 9.17) is 4.98 Å². The van der Waals surface area contributed by atoms with E-state index in [1.54, 1.807) is 6.20 Å². The first-order chi connectivity index (χ1) is 26.2. The first-order valence-corrected chi connectivity index (χ1v) is 20.6. The molecule has 0 bridgehead atoms. The van der Waals surface area contributed by atoms with Gasteiger partial charge in [-0.25, -0.2) is 9.37 Å². The highest BCUT2D eigenvalue weighted by molar-refractivity contribution is 7.27. The van der Waals surface area contributed by atoms with Crippen LogP contribution < -0.4 is 25.6 Å². The molecule has 6 heteroatoms. The second-order valence-corrected chi connectivity index (χ2v) is 18.2. The van der Waals surface area contributed by atoms with Crippen LogP contribution >= 0.6 is 11.3 Å². The maximum atomic E-state index is 16.8. The predicted molar refractivity (Wildman–Crippen MR) is 222 cm³/mol. The fraction of sp³-hybridized carbons (Fsp3) is 0.0213. The van der Waals surface area contributed by atoms with Gasteiger partial charge in [0.2, 0.25) is 0 Å². The van der Waals surface area contributed by atoms with Crippen molar-refractivity contribution in [2.45, 2.75) is 6.17 Å². The van der Waals surface area contributed by atoms with Crippen molar-refractivity contribution in [3.63, 3.8) is 0 Å². The van der Waals surface area contributed by atoms with E-state index >= 15 is 4.39 Å². The topological polar surface area (TPSA) is 29.0 Å². The molecule has 0 aliphatic carbocycles. The van der Waals surface area contributed by atoms with Crippen LogP contribution in [-0.2, 0) is 0 Å². The van der Waals surface area contributed by atoms with E-state index in [-0.39, 0.29) is 0 Å². The first kappa shape index (κ1) is 31.5. The van der Waals surface area contributed by atoms with Gasteiger partial charge in [-0.3, -0.25) is 9.88 Å². The number of hydrogen-bond donors (Lipinski definition) is 0. The maximum absolute atomic E-state index is 16.8. The molecule has 3 nitrogen and oxygen atoms in total. The molecule has 0 fully saturated rings. The minimum absolute atomic E-state index is 0.586. The molecule has 0 spiro atoms. The van der Waals surface area contributed by atoms with Crippen LogP contribution in [0.2, 0.25) is 0 Å². The third kappa shape index (κ3) is 4.98. The Balaban J connectivity index is 1.24. The van der Waals surface area contributed by atoms with Crippen molar-refractivity contribution < 1.29 is 4.39 Å². The SMILES string of the molecule is FC(c1cccc(-c2ccccn2)c1)c1cccc(N2c3ncccc3[Si](c3ccccc3)(c3ccccc3)c3ccc4c(sc5ccccc54)c32)c1. The lowest BCUT2D eigenvalue weighted by atomic mass is 9.99. The fourth-order valence-electron chi connectivity index (χ4n) is 8.24. The number of hydrogen-bond acceptors (Lipinski definition) is 4. The minimum atomic E-state index is -2.92. The zero-order chi connectivity index (χ0) is 35.4. The van der Waals surface area contributed by atoms with E-state index in [9.17, 15) is 0 Å². The van der Waals surface area contributed by atoms with Crippen LogP contribution in [0.4, 0.5) is 21.6 Å². The summed E-state index contributed by atoms with van der Waals surface area (Å²) in [4.78, 5) is 12.0. The molecule has 0 radical (unpaired) electrons. The number of fused-ring (bicyclic) bond motifs is 6. The Kier molecular flexibility index (Phi) is 7.60. The minimum Gasteiger partial charge on any atom is -0.294 e. The Morgan fingerprint density at radius 2 is 1.25 bits per heavy atom. The van der Waals surface area contributed by atoms with Crippen molar-refractivity contribution in [2.24, 2.45) is 0 Å². The lowest BCUT2D eigenvalue weighted by Crippen LogP contribution is -2.77. The quantitative estimate of drug-likeness (QED) is 0.161. The molecule has 252 valence electrons. The number of nitrogens with zero attached hydrogens (tertiary/aromatic N) is 3. The summed E-state index contributed by atoms with van der Waals surface area (Å²) in [5.74, 6) is 0.883. The van der Waals surface area contributed by atoms with Gasteiger partial charge in [-0.1, -0.05) is 133 Å². The maximum Gasteiger partial charge on any atom is 0.186 e. The average Bonchev–Trinajstić information content (AvgIpc) is 3.63. The molecule has 0 saturated carbocycles. The molecule has 0 amide bonds. The molecule has 3 aromatic heterocycles. The van der Waals surface area contributed by atoms with E-state index in [0.29, 0.717) is 11.1 Å². The molecular weight excluding hydrogens is 686 g/mol. The Morgan fingerprint density at radius 3 is 2.02 bits per heavy atom. The highest BCUT2D eigenvalue weighted by Gasteiger charge is 2.50. The van der Waals surface area contributed by atoms with Gasteiger partial charge in [-0.2, -0.15) is 0 Å². The predicted octanol–water partition coefficient (Wildman–Crippen LogP) is 9.73. The summed E-state index contributed by atoms with van der Waals surface area (Å²) in [7, 11) is -2.92. The van der Waals surface area contributed by atoms with Crippen LogP contribution in [0.15, 0.2) is 188 Å². The monoisotopic (exact) mass is 717 g/mol. The van der Waals surface area contributed by atoms with Gasteiger partial charge in [0.1, 0.15) is 5.82 Å². The molecule has 1 aliphatic rings. The number of aromatic nitrogens is 2. The lowest BCUT2D eigenvalue weighted by molar-refractivity contribution is 0.402. The van der Waals surface area contributed by atoms with Gasteiger partial charge in [0.15, 0.2) is 14.2 Å².